The Morgan fingerprint density at radius 2 is 1.48 bits per heavy atom. The first kappa shape index (κ1) is 21.4. The van der Waals surface area contributed by atoms with Gasteiger partial charge in [0.2, 0.25) is 11.8 Å². The molecular formula is C15H16Cl2N4O2S2. The van der Waals surface area contributed by atoms with E-state index in [-0.39, 0.29) is 4.99 Å². The highest BCUT2D eigenvalue weighted by Crippen LogP contribution is 2.19. The van der Waals surface area contributed by atoms with Crippen molar-refractivity contribution in [2.24, 2.45) is 5.73 Å². The molecule has 2 aromatic rings. The zero-order valence-corrected chi connectivity index (χ0v) is 16.8. The second-order valence-electron chi connectivity index (χ2n) is 4.34. The van der Waals surface area contributed by atoms with Gasteiger partial charge in [-0.3, -0.25) is 5.41 Å². The molecule has 0 unspecified atom stereocenters. The van der Waals surface area contributed by atoms with E-state index < -0.39 is 0 Å². The van der Waals surface area contributed by atoms with Crippen molar-refractivity contribution in [3.63, 3.8) is 0 Å². The van der Waals surface area contributed by atoms with Crippen LogP contribution in [0.15, 0.2) is 24.3 Å². The largest absolute Gasteiger partial charge is 0.481 e. The Hall–Kier alpha value is -1.61. The van der Waals surface area contributed by atoms with Crippen LogP contribution in [0.3, 0.4) is 0 Å². The summed E-state index contributed by atoms with van der Waals surface area (Å²) in [5, 5.41) is 8.67. The van der Waals surface area contributed by atoms with Crippen LogP contribution in [-0.4, -0.2) is 40.5 Å². The summed E-state index contributed by atoms with van der Waals surface area (Å²) < 4.78 is 9.80. The van der Waals surface area contributed by atoms with E-state index in [1.165, 1.54) is 26.0 Å². The Labute approximate surface area is 165 Å². The Balaban J connectivity index is 0.000000251. The summed E-state index contributed by atoms with van der Waals surface area (Å²) in [5.41, 5.74) is 6.78. The molecule has 2 aromatic heterocycles. The third-order valence-corrected chi connectivity index (χ3v) is 3.98. The van der Waals surface area contributed by atoms with E-state index >= 15 is 0 Å². The number of ether oxygens (including phenoxy) is 2. The molecule has 0 saturated carbocycles. The molecule has 10 heteroatoms. The second-order valence-corrected chi connectivity index (χ2v) is 6.37. The van der Waals surface area contributed by atoms with Gasteiger partial charge in [0.25, 0.3) is 0 Å². The number of nitrogens with one attached hydrogen (secondary N) is 1. The molecule has 0 radical (unpaired) electrons. The van der Waals surface area contributed by atoms with Crippen LogP contribution in [-0.2, 0) is 0 Å². The van der Waals surface area contributed by atoms with Crippen LogP contribution >= 0.6 is 47.2 Å². The molecule has 0 aliphatic rings. The van der Waals surface area contributed by atoms with Gasteiger partial charge in [-0.05, 0) is 18.4 Å². The van der Waals surface area contributed by atoms with Gasteiger partial charge in [-0.25, -0.2) is 9.97 Å². The van der Waals surface area contributed by atoms with Crippen molar-refractivity contribution in [1.82, 2.24) is 9.97 Å². The molecule has 0 saturated heterocycles. The van der Waals surface area contributed by atoms with Crippen LogP contribution in [0.25, 0.3) is 0 Å². The zero-order valence-electron chi connectivity index (χ0n) is 13.7. The first-order valence-corrected chi connectivity index (χ1v) is 9.05. The van der Waals surface area contributed by atoms with Crippen LogP contribution in [0.1, 0.15) is 11.1 Å². The van der Waals surface area contributed by atoms with Gasteiger partial charge in [-0.1, -0.05) is 35.4 Å². The predicted octanol–water partition coefficient (Wildman–Crippen LogP) is 3.81. The lowest BCUT2D eigenvalue weighted by Crippen LogP contribution is -2.09. The zero-order chi connectivity index (χ0) is 19.0. The van der Waals surface area contributed by atoms with Crippen LogP contribution < -0.4 is 15.2 Å². The number of thioether (sulfide) groups is 1. The lowest BCUT2D eigenvalue weighted by Gasteiger charge is -2.03. The molecule has 25 heavy (non-hydrogen) atoms. The number of hydrogen-bond acceptors (Lipinski definition) is 7. The molecule has 3 N–H and O–H groups in total. The molecule has 0 aromatic carbocycles. The van der Waals surface area contributed by atoms with E-state index in [4.69, 9.17) is 56.0 Å². The normalized spacial score (nSPS) is 9.64. The maximum Gasteiger partial charge on any atom is 0.215 e. The van der Waals surface area contributed by atoms with Crippen molar-refractivity contribution in [2.75, 3.05) is 20.5 Å². The third kappa shape index (κ3) is 7.03. The van der Waals surface area contributed by atoms with Gasteiger partial charge in [-0.2, -0.15) is 0 Å². The lowest BCUT2D eigenvalue weighted by molar-refractivity contribution is 0.398. The molecule has 2 heterocycles. The predicted molar refractivity (Wildman–Crippen MR) is 108 cm³/mol. The van der Waals surface area contributed by atoms with Crippen molar-refractivity contribution in [3.05, 3.63) is 45.7 Å². The highest BCUT2D eigenvalue weighted by atomic mass is 35.5. The third-order valence-electron chi connectivity index (χ3n) is 2.71. The van der Waals surface area contributed by atoms with Crippen LogP contribution in [0.2, 0.25) is 10.3 Å². The summed E-state index contributed by atoms with van der Waals surface area (Å²) in [6, 6.07) is 6.55. The minimum atomic E-state index is 0.276. The average molecular weight is 419 g/mol. The number of thiocarbonyl (C=S) groups is 1. The highest BCUT2D eigenvalue weighted by molar-refractivity contribution is 8.13. The summed E-state index contributed by atoms with van der Waals surface area (Å²) in [4.78, 5) is 8.04. The standard InChI is InChI=1S/C8H9ClN2OS.C7H7ClN2OS/c1-12-7-4-5(8(10)13-2)3-6(9)11-7;1-11-6-3-4(7(9)12)2-5(8)10-6/h3-4,10H,1-2H3;2-3H,1H3,(H2,9,12). The Kier molecular flexibility index (Phi) is 8.91. The van der Waals surface area contributed by atoms with Crippen LogP contribution in [0, 0.1) is 5.41 Å². The first-order valence-electron chi connectivity index (χ1n) is 6.66. The van der Waals surface area contributed by atoms with E-state index in [2.05, 4.69) is 9.97 Å². The fourth-order valence-electron chi connectivity index (χ4n) is 1.55. The molecule has 2 rings (SSSR count). The number of methoxy groups -OCH3 is 2. The number of rotatable bonds is 4. The van der Waals surface area contributed by atoms with Gasteiger partial charge in [0.05, 0.1) is 19.3 Å². The Bertz CT molecular complexity index is 775. The number of aromatic nitrogens is 2. The van der Waals surface area contributed by atoms with Crippen LogP contribution in [0.4, 0.5) is 0 Å². The Morgan fingerprint density at radius 3 is 1.88 bits per heavy atom. The van der Waals surface area contributed by atoms with Crippen molar-refractivity contribution in [1.29, 1.82) is 5.41 Å². The molecule has 0 amide bonds. The minimum absolute atomic E-state index is 0.276. The van der Waals surface area contributed by atoms with Crippen LogP contribution in [0.5, 0.6) is 11.8 Å². The van der Waals surface area contributed by atoms with E-state index in [9.17, 15) is 0 Å². The van der Waals surface area contributed by atoms with E-state index in [1.807, 2.05) is 6.26 Å². The average Bonchev–Trinajstić information content (AvgIpc) is 2.60. The van der Waals surface area contributed by atoms with Crippen molar-refractivity contribution in [2.45, 2.75) is 0 Å². The van der Waals surface area contributed by atoms with Gasteiger partial charge in [0, 0.05) is 23.3 Å². The van der Waals surface area contributed by atoms with Crippen molar-refractivity contribution >= 4 is 57.2 Å². The van der Waals surface area contributed by atoms with Gasteiger partial charge in [-0.15, -0.1) is 11.8 Å². The van der Waals surface area contributed by atoms with Gasteiger partial charge in [0.1, 0.15) is 15.3 Å². The van der Waals surface area contributed by atoms with E-state index in [0.717, 1.165) is 5.56 Å². The molecule has 0 fully saturated rings. The Morgan fingerprint density at radius 1 is 1.04 bits per heavy atom. The quantitative estimate of drug-likeness (QED) is 0.337. The number of pyridine rings is 2. The topological polar surface area (TPSA) is 94.1 Å². The summed E-state index contributed by atoms with van der Waals surface area (Å²) in [6.07, 6.45) is 1.84. The minimum Gasteiger partial charge on any atom is -0.481 e. The van der Waals surface area contributed by atoms with Gasteiger partial charge in [0.15, 0.2) is 0 Å². The van der Waals surface area contributed by atoms with Crippen molar-refractivity contribution in [3.8, 4) is 11.8 Å². The fraction of sp³-hybridized carbons (Fsp3) is 0.200. The van der Waals surface area contributed by atoms with Gasteiger partial charge < -0.3 is 15.2 Å². The SMILES string of the molecule is COc1cc(C(=N)SC)cc(Cl)n1.COc1cc(C(N)=S)cc(Cl)n1. The number of halogens is 2. The fourth-order valence-corrected chi connectivity index (χ4v) is 2.42. The monoisotopic (exact) mass is 418 g/mol. The molecule has 0 aliphatic heterocycles. The molecular weight excluding hydrogens is 403 g/mol. The summed E-state index contributed by atoms with van der Waals surface area (Å²) >= 11 is 17.5. The molecule has 134 valence electrons. The maximum atomic E-state index is 7.57. The van der Waals surface area contributed by atoms with Gasteiger partial charge >= 0.3 is 0 Å². The summed E-state index contributed by atoms with van der Waals surface area (Å²) in [6.45, 7) is 0. The number of nitrogens with zero attached hydrogens (tertiary/aromatic N) is 2. The molecule has 0 spiro atoms. The number of hydrogen-bond donors (Lipinski definition) is 2. The molecule has 0 bridgehead atoms. The lowest BCUT2D eigenvalue weighted by atomic mass is 10.3. The van der Waals surface area contributed by atoms with E-state index in [0.29, 0.717) is 32.7 Å². The second kappa shape index (κ2) is 10.4. The highest BCUT2D eigenvalue weighted by Gasteiger charge is 2.05. The molecule has 0 aliphatic carbocycles. The summed E-state index contributed by atoms with van der Waals surface area (Å²) in [7, 11) is 3.02. The van der Waals surface area contributed by atoms with Crippen molar-refractivity contribution < 1.29 is 9.47 Å². The van der Waals surface area contributed by atoms with E-state index in [1.54, 1.807) is 24.3 Å². The molecule has 6 nitrogen and oxygen atoms in total. The summed E-state index contributed by atoms with van der Waals surface area (Å²) in [5.74, 6) is 0.839. The maximum absolute atomic E-state index is 7.57. The number of nitrogens with two attached hydrogens (primary N) is 1. The smallest absolute Gasteiger partial charge is 0.215 e. The first-order chi connectivity index (χ1) is 11.8. The molecule has 0 atom stereocenters.